The number of nitrogens with zero attached hydrogens (tertiary/aromatic N) is 4. The molecule has 1 saturated heterocycles. The van der Waals surface area contributed by atoms with Crippen molar-refractivity contribution in [2.24, 2.45) is 4.74 Å². The van der Waals surface area contributed by atoms with E-state index in [1.54, 1.807) is 0 Å². The highest BCUT2D eigenvalue weighted by Gasteiger charge is 2.50. The molecule has 2 aliphatic rings. The Morgan fingerprint density at radius 1 is 1.24 bits per heavy atom. The second kappa shape index (κ2) is 4.34. The monoisotopic (exact) mass is 258 g/mol. The molecule has 1 unspecified atom stereocenters. The van der Waals surface area contributed by atoms with Gasteiger partial charge >= 0.3 is 0 Å². The Morgan fingerprint density at radius 3 is 2.24 bits per heavy atom. The number of likely N-dealkylation sites (N-methyl/N-ethyl adjacent to an activating group) is 1. The molecule has 0 aromatic heterocycles. The summed E-state index contributed by atoms with van der Waals surface area (Å²) in [6, 6.07) is 0.531. The molecule has 0 aromatic rings. The molecule has 1 atom stereocenters. The van der Waals surface area contributed by atoms with Crippen LogP contribution in [0.4, 0.5) is 0 Å². The highest BCUT2D eigenvalue weighted by Crippen LogP contribution is 2.66. The van der Waals surface area contributed by atoms with Gasteiger partial charge in [-0.3, -0.25) is 4.74 Å². The maximum absolute atomic E-state index is 5.30. The summed E-state index contributed by atoms with van der Waals surface area (Å²) in [4.78, 5) is 0. The Hall–Kier alpha value is 0.110. The first-order valence-electron chi connectivity index (χ1n) is 6.70. The van der Waals surface area contributed by atoms with Crippen molar-refractivity contribution in [3.8, 4) is 0 Å². The van der Waals surface area contributed by atoms with Crippen LogP contribution >= 0.6 is 7.51 Å². The van der Waals surface area contributed by atoms with Crippen molar-refractivity contribution in [3.05, 3.63) is 0 Å². The maximum Gasteiger partial charge on any atom is 0.168 e. The van der Waals surface area contributed by atoms with Gasteiger partial charge in [-0.15, -0.1) is 0 Å². The van der Waals surface area contributed by atoms with Crippen LogP contribution in [0.1, 0.15) is 34.1 Å². The van der Waals surface area contributed by atoms with Crippen LogP contribution in [0.15, 0.2) is 4.74 Å². The molecule has 2 aliphatic heterocycles. The molecule has 0 bridgehead atoms. The van der Waals surface area contributed by atoms with E-state index in [1.807, 2.05) is 0 Å². The first-order chi connectivity index (χ1) is 7.86. The quantitative estimate of drug-likeness (QED) is 0.675. The van der Waals surface area contributed by atoms with Crippen LogP contribution in [-0.4, -0.2) is 59.3 Å². The zero-order valence-corrected chi connectivity index (χ0v) is 13.0. The predicted molar refractivity (Wildman–Crippen MR) is 75.1 cm³/mol. The number of hydrogen-bond acceptors (Lipinski definition) is 4. The highest BCUT2D eigenvalue weighted by molar-refractivity contribution is 7.59. The van der Waals surface area contributed by atoms with E-state index < -0.39 is 7.51 Å². The summed E-state index contributed by atoms with van der Waals surface area (Å²) in [5.74, 6) is 0. The molecule has 17 heavy (non-hydrogen) atoms. The van der Waals surface area contributed by atoms with E-state index in [2.05, 4.69) is 55.8 Å². The minimum atomic E-state index is -1.59. The minimum absolute atomic E-state index is 0.0731. The average molecular weight is 258 g/mol. The zero-order valence-electron chi connectivity index (χ0n) is 12.1. The lowest BCUT2D eigenvalue weighted by molar-refractivity contribution is 0.261. The van der Waals surface area contributed by atoms with E-state index >= 15 is 0 Å². The summed E-state index contributed by atoms with van der Waals surface area (Å²) in [6.07, 6.45) is 1.26. The molecule has 1 spiro atoms. The van der Waals surface area contributed by atoms with Gasteiger partial charge in [0.2, 0.25) is 0 Å². The van der Waals surface area contributed by atoms with Gasteiger partial charge in [0.15, 0.2) is 7.51 Å². The van der Waals surface area contributed by atoms with Gasteiger partial charge in [0, 0.05) is 25.7 Å². The fraction of sp³-hybridized carbons (Fsp3) is 1.00. The molecule has 1 fully saturated rings. The first-order valence-corrected chi connectivity index (χ1v) is 8.30. The lowest BCUT2D eigenvalue weighted by Gasteiger charge is -2.48. The Morgan fingerprint density at radius 2 is 1.76 bits per heavy atom. The Bertz CT molecular complexity index is 338. The first kappa shape index (κ1) is 13.5. The Balaban J connectivity index is 2.52. The van der Waals surface area contributed by atoms with Crippen molar-refractivity contribution in [1.29, 1.82) is 0 Å². The van der Waals surface area contributed by atoms with Gasteiger partial charge in [-0.2, -0.15) is 0 Å². The second-order valence-electron chi connectivity index (χ2n) is 5.84. The van der Waals surface area contributed by atoms with E-state index in [9.17, 15) is 0 Å². The summed E-state index contributed by atoms with van der Waals surface area (Å²) in [5.41, 5.74) is 0.0731. The topological polar surface area (TPSA) is 22.1 Å². The van der Waals surface area contributed by atoms with E-state index in [0.717, 1.165) is 6.54 Å². The van der Waals surface area contributed by atoms with Crippen LogP contribution in [-0.2, 0) is 0 Å². The SMILES string of the molecule is CCN1C(C)C(C)(C)N=P12N(C)CCCN2C. The van der Waals surface area contributed by atoms with Crippen molar-refractivity contribution in [2.45, 2.75) is 45.7 Å². The van der Waals surface area contributed by atoms with Gasteiger partial charge in [0.25, 0.3) is 0 Å². The van der Waals surface area contributed by atoms with E-state index in [1.165, 1.54) is 19.5 Å². The van der Waals surface area contributed by atoms with Gasteiger partial charge in [-0.1, -0.05) is 6.92 Å². The van der Waals surface area contributed by atoms with Crippen LogP contribution in [0, 0.1) is 0 Å². The summed E-state index contributed by atoms with van der Waals surface area (Å²) in [6.45, 7) is 12.6. The van der Waals surface area contributed by atoms with Gasteiger partial charge in [0.1, 0.15) is 0 Å². The molecule has 0 aromatic carbocycles. The molecular formula is C12H27N4P. The van der Waals surface area contributed by atoms with Crippen molar-refractivity contribution < 1.29 is 0 Å². The van der Waals surface area contributed by atoms with Crippen LogP contribution in [0.3, 0.4) is 0 Å². The normalized spacial score (nSPS) is 34.1. The molecular weight excluding hydrogens is 231 g/mol. The Kier molecular flexibility index (Phi) is 3.46. The molecule has 2 rings (SSSR count). The second-order valence-corrected chi connectivity index (χ2v) is 8.99. The van der Waals surface area contributed by atoms with Crippen molar-refractivity contribution in [3.63, 3.8) is 0 Å². The molecule has 2 heterocycles. The summed E-state index contributed by atoms with van der Waals surface area (Å²) < 4.78 is 13.0. The molecule has 5 heteroatoms. The van der Waals surface area contributed by atoms with Crippen LogP contribution in [0.5, 0.6) is 0 Å². The summed E-state index contributed by atoms with van der Waals surface area (Å²) >= 11 is 0. The molecule has 0 aliphatic carbocycles. The summed E-state index contributed by atoms with van der Waals surface area (Å²) in [5, 5.41) is 0. The Labute approximate surface area is 106 Å². The van der Waals surface area contributed by atoms with Crippen molar-refractivity contribution >= 4 is 7.51 Å². The van der Waals surface area contributed by atoms with Crippen LogP contribution < -0.4 is 0 Å². The standard InChI is InChI=1S/C12H27N4P/c1-7-16-11(2)12(3,4)13-17(16)14(5)9-8-10-15(17)6/h11H,7-10H2,1-6H3. The lowest BCUT2D eigenvalue weighted by Crippen LogP contribution is -2.45. The van der Waals surface area contributed by atoms with Crippen LogP contribution in [0.2, 0.25) is 0 Å². The molecule has 0 radical (unpaired) electrons. The third-order valence-corrected chi connectivity index (χ3v) is 8.74. The van der Waals surface area contributed by atoms with Gasteiger partial charge in [-0.25, -0.2) is 14.0 Å². The molecule has 4 nitrogen and oxygen atoms in total. The van der Waals surface area contributed by atoms with E-state index in [-0.39, 0.29) is 5.54 Å². The largest absolute Gasteiger partial charge is 0.253 e. The number of hydrogen-bond donors (Lipinski definition) is 0. The molecule has 0 saturated carbocycles. The lowest BCUT2D eigenvalue weighted by atomic mass is 9.98. The van der Waals surface area contributed by atoms with Crippen molar-refractivity contribution in [2.75, 3.05) is 33.7 Å². The molecule has 0 N–H and O–H groups in total. The van der Waals surface area contributed by atoms with Crippen LogP contribution in [0.25, 0.3) is 0 Å². The highest BCUT2D eigenvalue weighted by atomic mass is 31.2. The average Bonchev–Trinajstić information content (AvgIpc) is 2.45. The molecule has 0 amide bonds. The van der Waals surface area contributed by atoms with Gasteiger partial charge in [-0.05, 0) is 41.3 Å². The smallest absolute Gasteiger partial charge is 0.168 e. The fourth-order valence-electron chi connectivity index (χ4n) is 3.15. The predicted octanol–water partition coefficient (Wildman–Crippen LogP) is 2.70. The fourth-order valence-corrected chi connectivity index (χ4v) is 7.68. The minimum Gasteiger partial charge on any atom is -0.253 e. The zero-order chi connectivity index (χ0) is 12.8. The number of rotatable bonds is 1. The third kappa shape index (κ3) is 1.81. The van der Waals surface area contributed by atoms with Crippen molar-refractivity contribution in [1.82, 2.24) is 14.0 Å². The maximum atomic E-state index is 5.30. The van der Waals surface area contributed by atoms with Gasteiger partial charge < -0.3 is 0 Å². The molecule has 100 valence electrons. The van der Waals surface area contributed by atoms with E-state index in [4.69, 9.17) is 4.74 Å². The van der Waals surface area contributed by atoms with Gasteiger partial charge in [0.05, 0.1) is 5.54 Å². The van der Waals surface area contributed by atoms with E-state index in [0.29, 0.717) is 6.04 Å². The summed E-state index contributed by atoms with van der Waals surface area (Å²) in [7, 11) is 2.92. The third-order valence-electron chi connectivity index (χ3n) is 4.41.